The highest BCUT2D eigenvalue weighted by atomic mass is 16.1. The van der Waals surface area contributed by atoms with Gasteiger partial charge in [-0.3, -0.25) is 9.59 Å². The maximum Gasteiger partial charge on any atom is 0.168 e. The maximum atomic E-state index is 10.7. The molecule has 1 aromatic carbocycles. The third-order valence-electron chi connectivity index (χ3n) is 2.78. The molecule has 0 aliphatic heterocycles. The van der Waals surface area contributed by atoms with Crippen LogP contribution < -0.4 is 0 Å². The predicted octanol–water partition coefficient (Wildman–Crippen LogP) is 2.41. The van der Waals surface area contributed by atoms with Crippen molar-refractivity contribution in [2.45, 2.75) is 0 Å². The summed E-state index contributed by atoms with van der Waals surface area (Å²) in [5.74, 6) is 0. The van der Waals surface area contributed by atoms with Gasteiger partial charge in [0.15, 0.2) is 12.6 Å². The van der Waals surface area contributed by atoms with E-state index in [1.54, 1.807) is 18.2 Å². The van der Waals surface area contributed by atoms with Gasteiger partial charge in [0.25, 0.3) is 0 Å². The van der Waals surface area contributed by atoms with Crippen molar-refractivity contribution in [2.75, 3.05) is 0 Å². The van der Waals surface area contributed by atoms with Crippen molar-refractivity contribution in [1.82, 2.24) is 9.97 Å². The van der Waals surface area contributed by atoms with Crippen LogP contribution in [0.2, 0.25) is 0 Å². The molecule has 2 aromatic heterocycles. The molecular weight excluding hydrogens is 228 g/mol. The van der Waals surface area contributed by atoms with Gasteiger partial charge < -0.3 is 0 Å². The summed E-state index contributed by atoms with van der Waals surface area (Å²) in [6.45, 7) is 0. The van der Waals surface area contributed by atoms with Gasteiger partial charge in [0.05, 0.1) is 11.0 Å². The van der Waals surface area contributed by atoms with Crippen molar-refractivity contribution in [1.29, 1.82) is 0 Å². The minimum Gasteiger partial charge on any atom is -0.296 e. The summed E-state index contributed by atoms with van der Waals surface area (Å²) in [5, 5.41) is 1.88. The lowest BCUT2D eigenvalue weighted by atomic mass is 10.1. The SMILES string of the molecule is O=Cc1ccc2cc3ccc(C=O)nc3cc2n1. The molecule has 3 aromatic rings. The van der Waals surface area contributed by atoms with Gasteiger partial charge in [-0.25, -0.2) is 9.97 Å². The first kappa shape index (κ1) is 10.5. The number of aldehydes is 2. The van der Waals surface area contributed by atoms with Gasteiger partial charge in [0.2, 0.25) is 0 Å². The Morgan fingerprint density at radius 1 is 0.722 bits per heavy atom. The van der Waals surface area contributed by atoms with E-state index in [1.165, 1.54) is 0 Å². The first-order valence-electron chi connectivity index (χ1n) is 5.42. The summed E-state index contributed by atoms with van der Waals surface area (Å²) in [6.07, 6.45) is 1.41. The molecule has 0 saturated carbocycles. The van der Waals surface area contributed by atoms with Crippen molar-refractivity contribution in [3.63, 3.8) is 0 Å². The molecule has 0 bridgehead atoms. The van der Waals surface area contributed by atoms with E-state index in [9.17, 15) is 9.59 Å². The summed E-state index contributed by atoms with van der Waals surface area (Å²) >= 11 is 0. The molecule has 0 radical (unpaired) electrons. The Labute approximate surface area is 102 Å². The van der Waals surface area contributed by atoms with Crippen LogP contribution in [0.15, 0.2) is 36.4 Å². The number of nitrogens with zero attached hydrogens (tertiary/aromatic N) is 2. The van der Waals surface area contributed by atoms with Crippen molar-refractivity contribution in [3.8, 4) is 0 Å². The van der Waals surface area contributed by atoms with E-state index in [0.717, 1.165) is 10.8 Å². The van der Waals surface area contributed by atoms with Crippen LogP contribution in [0.4, 0.5) is 0 Å². The normalized spacial score (nSPS) is 10.7. The fourth-order valence-electron chi connectivity index (χ4n) is 1.91. The smallest absolute Gasteiger partial charge is 0.168 e. The van der Waals surface area contributed by atoms with E-state index in [4.69, 9.17) is 0 Å². The second kappa shape index (κ2) is 4.00. The molecule has 2 heterocycles. The van der Waals surface area contributed by atoms with Crippen LogP contribution in [-0.2, 0) is 0 Å². The van der Waals surface area contributed by atoms with Gasteiger partial charge in [-0.15, -0.1) is 0 Å². The predicted molar refractivity (Wildman–Crippen MR) is 67.8 cm³/mol. The van der Waals surface area contributed by atoms with E-state index >= 15 is 0 Å². The van der Waals surface area contributed by atoms with E-state index < -0.39 is 0 Å². The van der Waals surface area contributed by atoms with Crippen LogP contribution in [0.25, 0.3) is 21.8 Å². The topological polar surface area (TPSA) is 59.9 Å². The molecule has 0 aliphatic rings. The van der Waals surface area contributed by atoms with E-state index in [-0.39, 0.29) is 0 Å². The highest BCUT2D eigenvalue weighted by Gasteiger charge is 2.02. The van der Waals surface area contributed by atoms with Gasteiger partial charge in [0, 0.05) is 10.8 Å². The lowest BCUT2D eigenvalue weighted by molar-refractivity contribution is 0.111. The molecule has 4 nitrogen and oxygen atoms in total. The second-order valence-corrected chi connectivity index (χ2v) is 3.95. The summed E-state index contributed by atoms with van der Waals surface area (Å²) in [6, 6.07) is 10.8. The third kappa shape index (κ3) is 1.64. The molecule has 0 unspecified atom stereocenters. The quantitative estimate of drug-likeness (QED) is 0.506. The highest BCUT2D eigenvalue weighted by Crippen LogP contribution is 2.20. The fourth-order valence-corrected chi connectivity index (χ4v) is 1.91. The van der Waals surface area contributed by atoms with Gasteiger partial charge in [-0.2, -0.15) is 0 Å². The largest absolute Gasteiger partial charge is 0.296 e. The summed E-state index contributed by atoms with van der Waals surface area (Å²) in [5.41, 5.74) is 2.16. The molecule has 0 atom stereocenters. The number of rotatable bonds is 2. The van der Waals surface area contributed by atoms with Gasteiger partial charge in [-0.05, 0) is 24.3 Å². The lowest BCUT2D eigenvalue weighted by Gasteiger charge is -2.02. The van der Waals surface area contributed by atoms with Gasteiger partial charge >= 0.3 is 0 Å². The Bertz CT molecular complexity index is 718. The van der Waals surface area contributed by atoms with Crippen molar-refractivity contribution in [2.24, 2.45) is 0 Å². The first-order valence-corrected chi connectivity index (χ1v) is 5.42. The van der Waals surface area contributed by atoms with E-state index in [1.807, 2.05) is 18.2 Å². The molecule has 0 spiro atoms. The lowest BCUT2D eigenvalue weighted by Crippen LogP contribution is -1.90. The Morgan fingerprint density at radius 2 is 1.22 bits per heavy atom. The zero-order valence-electron chi connectivity index (χ0n) is 9.33. The number of hydrogen-bond donors (Lipinski definition) is 0. The number of aromatic nitrogens is 2. The first-order chi connectivity index (χ1) is 8.80. The molecular formula is C14H8N2O2. The zero-order chi connectivity index (χ0) is 12.5. The molecule has 0 saturated heterocycles. The van der Waals surface area contributed by atoms with E-state index in [2.05, 4.69) is 9.97 Å². The number of carbonyl (C=O) groups excluding carboxylic acids is 2. The van der Waals surface area contributed by atoms with Crippen LogP contribution in [0.1, 0.15) is 21.0 Å². The van der Waals surface area contributed by atoms with Crippen molar-refractivity contribution in [3.05, 3.63) is 47.8 Å². The van der Waals surface area contributed by atoms with Crippen LogP contribution in [0.3, 0.4) is 0 Å². The summed E-state index contributed by atoms with van der Waals surface area (Å²) in [7, 11) is 0. The zero-order valence-corrected chi connectivity index (χ0v) is 9.33. The highest BCUT2D eigenvalue weighted by molar-refractivity contribution is 5.96. The third-order valence-corrected chi connectivity index (χ3v) is 2.78. The molecule has 4 heteroatoms. The van der Waals surface area contributed by atoms with Gasteiger partial charge in [0.1, 0.15) is 11.4 Å². The molecule has 3 rings (SSSR count). The Kier molecular flexibility index (Phi) is 2.34. The fraction of sp³-hybridized carbons (Fsp3) is 0. The minimum atomic E-state index is 0.383. The van der Waals surface area contributed by atoms with Crippen LogP contribution in [-0.4, -0.2) is 22.5 Å². The Balaban J connectivity index is 2.36. The molecule has 18 heavy (non-hydrogen) atoms. The van der Waals surface area contributed by atoms with Crippen molar-refractivity contribution < 1.29 is 9.59 Å². The molecule has 0 N–H and O–H groups in total. The van der Waals surface area contributed by atoms with Crippen LogP contribution >= 0.6 is 0 Å². The standard InChI is InChI=1S/C14H8N2O2/c17-7-11-3-1-9-5-10-2-4-12(8-18)16-14(10)6-13(9)15-11/h1-8H. The maximum absolute atomic E-state index is 10.7. The van der Waals surface area contributed by atoms with E-state index in [0.29, 0.717) is 35.0 Å². The number of carbonyl (C=O) groups is 2. The molecule has 0 amide bonds. The van der Waals surface area contributed by atoms with Crippen LogP contribution in [0.5, 0.6) is 0 Å². The summed E-state index contributed by atoms with van der Waals surface area (Å²) < 4.78 is 0. The van der Waals surface area contributed by atoms with Gasteiger partial charge in [-0.1, -0.05) is 12.1 Å². The Morgan fingerprint density at radius 3 is 1.67 bits per heavy atom. The van der Waals surface area contributed by atoms with Crippen LogP contribution in [0, 0.1) is 0 Å². The average Bonchev–Trinajstić information content (AvgIpc) is 2.43. The Hall–Kier alpha value is -2.62. The monoisotopic (exact) mass is 236 g/mol. The average molecular weight is 236 g/mol. The number of pyridine rings is 2. The number of benzene rings is 1. The number of hydrogen-bond acceptors (Lipinski definition) is 4. The molecule has 0 aliphatic carbocycles. The second-order valence-electron chi connectivity index (χ2n) is 3.95. The molecule has 0 fully saturated rings. The van der Waals surface area contributed by atoms with Crippen molar-refractivity contribution >= 4 is 34.4 Å². The minimum absolute atomic E-state index is 0.383. The number of fused-ring (bicyclic) bond motifs is 2. The summed E-state index contributed by atoms with van der Waals surface area (Å²) in [4.78, 5) is 29.8. The molecule has 86 valence electrons.